The number of hydrogen-bond acceptors (Lipinski definition) is 4. The molecule has 1 atom stereocenters. The Morgan fingerprint density at radius 1 is 1.27 bits per heavy atom. The van der Waals surface area contributed by atoms with Crippen LogP contribution in [0.15, 0.2) is 42.5 Å². The molecule has 1 amide bonds. The first kappa shape index (κ1) is 20.5. The van der Waals surface area contributed by atoms with E-state index in [4.69, 9.17) is 16.3 Å². The van der Waals surface area contributed by atoms with Gasteiger partial charge in [-0.25, -0.2) is 0 Å². The second-order valence-electron chi connectivity index (χ2n) is 7.81. The molecule has 2 aromatic carbocycles. The summed E-state index contributed by atoms with van der Waals surface area (Å²) in [4.78, 5) is 19.7. The van der Waals surface area contributed by atoms with Gasteiger partial charge in [0.05, 0.1) is 24.7 Å². The maximum atomic E-state index is 12.8. The quantitative estimate of drug-likeness (QED) is 0.658. The lowest BCUT2D eigenvalue weighted by Gasteiger charge is -2.22. The third-order valence-electron chi connectivity index (χ3n) is 5.86. The number of methoxy groups -OCH3 is 1. The van der Waals surface area contributed by atoms with Crippen LogP contribution in [0.2, 0.25) is 5.02 Å². The number of aromatic nitrogens is 1. The number of carbonyl (C=O) groups is 1. The van der Waals surface area contributed by atoms with Gasteiger partial charge in [0.1, 0.15) is 5.75 Å². The fraction of sp³-hybridized carbons (Fsp3) is 0.333. The summed E-state index contributed by atoms with van der Waals surface area (Å²) in [6, 6.07) is 13.8. The summed E-state index contributed by atoms with van der Waals surface area (Å²) in [5, 5.41) is 4.98. The minimum Gasteiger partial charge on any atom is -0.495 e. The Labute approximate surface area is 182 Å². The summed E-state index contributed by atoms with van der Waals surface area (Å²) < 4.78 is 5.47. The number of rotatable bonds is 5. The highest BCUT2D eigenvalue weighted by Gasteiger charge is 2.26. The van der Waals surface area contributed by atoms with Crippen molar-refractivity contribution >= 4 is 34.1 Å². The lowest BCUT2D eigenvalue weighted by molar-refractivity contribution is -0.121. The third-order valence-corrected chi connectivity index (χ3v) is 6.09. The zero-order valence-corrected chi connectivity index (χ0v) is 18.3. The highest BCUT2D eigenvalue weighted by Crippen LogP contribution is 2.33. The van der Waals surface area contributed by atoms with Crippen LogP contribution in [0.3, 0.4) is 0 Å². The van der Waals surface area contributed by atoms with Crippen LogP contribution in [0, 0.1) is 13.8 Å². The number of ether oxygens (including phenoxy) is 1. The van der Waals surface area contributed by atoms with E-state index in [9.17, 15) is 4.79 Å². The van der Waals surface area contributed by atoms with E-state index in [0.29, 0.717) is 11.4 Å². The number of anilines is 1. The van der Waals surface area contributed by atoms with Gasteiger partial charge in [-0.1, -0.05) is 29.8 Å². The molecule has 1 N–H and O–H groups in total. The molecule has 3 aromatic rings. The van der Waals surface area contributed by atoms with Crippen LogP contribution in [0.5, 0.6) is 5.75 Å². The van der Waals surface area contributed by atoms with E-state index in [1.807, 2.05) is 43.3 Å². The number of nitrogens with zero attached hydrogens (tertiary/aromatic N) is 2. The standard InChI is InChI=1S/C24H26ClN3O2/c1-15-19-6-4-5-7-21(19)26-16(2)20(15)13-24(29)27-18-10-11-28(14-18)22-12-17(25)8-9-23(22)30-3/h4-9,12,18H,10-11,13-14H2,1-3H3,(H,27,29). The zero-order valence-electron chi connectivity index (χ0n) is 17.5. The van der Waals surface area contributed by atoms with Crippen molar-refractivity contribution in [1.82, 2.24) is 10.3 Å². The van der Waals surface area contributed by atoms with Gasteiger partial charge in [-0.3, -0.25) is 9.78 Å². The topological polar surface area (TPSA) is 54.5 Å². The van der Waals surface area contributed by atoms with Gasteiger partial charge in [0.25, 0.3) is 0 Å². The van der Waals surface area contributed by atoms with Crippen LogP contribution < -0.4 is 15.0 Å². The molecule has 1 aromatic heterocycles. The number of pyridine rings is 1. The summed E-state index contributed by atoms with van der Waals surface area (Å²) in [6.45, 7) is 5.63. The predicted molar refractivity (Wildman–Crippen MR) is 122 cm³/mol. The van der Waals surface area contributed by atoms with E-state index in [1.165, 1.54) is 0 Å². The summed E-state index contributed by atoms with van der Waals surface area (Å²) in [6.07, 6.45) is 1.22. The average Bonchev–Trinajstić information content (AvgIpc) is 3.19. The maximum Gasteiger partial charge on any atom is 0.224 e. The van der Waals surface area contributed by atoms with Gasteiger partial charge < -0.3 is 15.0 Å². The van der Waals surface area contributed by atoms with Gasteiger partial charge >= 0.3 is 0 Å². The fourth-order valence-corrected chi connectivity index (χ4v) is 4.44. The van der Waals surface area contributed by atoms with Crippen LogP contribution in [0.25, 0.3) is 10.9 Å². The van der Waals surface area contributed by atoms with E-state index in [1.54, 1.807) is 7.11 Å². The Hall–Kier alpha value is -2.79. The van der Waals surface area contributed by atoms with Gasteiger partial charge in [-0.2, -0.15) is 0 Å². The number of para-hydroxylation sites is 1. The number of hydrogen-bond donors (Lipinski definition) is 1. The van der Waals surface area contributed by atoms with E-state index < -0.39 is 0 Å². The first-order valence-electron chi connectivity index (χ1n) is 10.2. The molecule has 1 unspecified atom stereocenters. The van der Waals surface area contributed by atoms with Crippen molar-refractivity contribution in [2.75, 3.05) is 25.1 Å². The van der Waals surface area contributed by atoms with Crippen molar-refractivity contribution in [2.24, 2.45) is 0 Å². The zero-order chi connectivity index (χ0) is 21.3. The molecule has 2 heterocycles. The Kier molecular flexibility index (Phi) is 5.82. The van der Waals surface area contributed by atoms with E-state index in [-0.39, 0.29) is 11.9 Å². The molecule has 0 aliphatic carbocycles. The SMILES string of the molecule is COc1ccc(Cl)cc1N1CCC(NC(=O)Cc2c(C)nc3ccccc3c2C)C1. The van der Waals surface area contributed by atoms with Crippen molar-refractivity contribution in [3.05, 3.63) is 64.3 Å². The van der Waals surface area contributed by atoms with Crippen LogP contribution in [-0.2, 0) is 11.2 Å². The molecule has 0 spiro atoms. The molecule has 6 heteroatoms. The number of amides is 1. The smallest absolute Gasteiger partial charge is 0.224 e. The lowest BCUT2D eigenvalue weighted by atomic mass is 9.99. The van der Waals surface area contributed by atoms with Crippen molar-refractivity contribution in [2.45, 2.75) is 32.7 Å². The number of nitrogens with one attached hydrogen (secondary N) is 1. The second-order valence-corrected chi connectivity index (χ2v) is 8.25. The van der Waals surface area contributed by atoms with Crippen LogP contribution >= 0.6 is 11.6 Å². The molecule has 0 radical (unpaired) electrons. The largest absolute Gasteiger partial charge is 0.495 e. The van der Waals surface area contributed by atoms with Crippen molar-refractivity contribution in [3.63, 3.8) is 0 Å². The summed E-state index contributed by atoms with van der Waals surface area (Å²) in [5.74, 6) is 0.822. The molecule has 5 nitrogen and oxygen atoms in total. The summed E-state index contributed by atoms with van der Waals surface area (Å²) >= 11 is 6.18. The van der Waals surface area contributed by atoms with Crippen LogP contribution in [0.4, 0.5) is 5.69 Å². The Morgan fingerprint density at radius 2 is 2.07 bits per heavy atom. The molecule has 156 valence electrons. The first-order chi connectivity index (χ1) is 14.5. The number of halogens is 1. The first-order valence-corrected chi connectivity index (χ1v) is 10.6. The van der Waals surface area contributed by atoms with Gasteiger partial charge in [0.15, 0.2) is 0 Å². The molecular weight excluding hydrogens is 398 g/mol. The minimum atomic E-state index is 0.0307. The van der Waals surface area contributed by atoms with Crippen LogP contribution in [0.1, 0.15) is 23.2 Å². The normalized spacial score (nSPS) is 16.1. The van der Waals surface area contributed by atoms with Gasteiger partial charge in [-0.05, 0) is 55.7 Å². The highest BCUT2D eigenvalue weighted by molar-refractivity contribution is 6.30. The Balaban J connectivity index is 1.45. The monoisotopic (exact) mass is 423 g/mol. The molecule has 1 saturated heterocycles. The molecule has 0 bridgehead atoms. The van der Waals surface area contributed by atoms with E-state index >= 15 is 0 Å². The maximum absolute atomic E-state index is 12.8. The molecular formula is C24H26ClN3O2. The van der Waals surface area contributed by atoms with E-state index in [2.05, 4.69) is 28.2 Å². The molecule has 30 heavy (non-hydrogen) atoms. The van der Waals surface area contributed by atoms with Gasteiger partial charge in [-0.15, -0.1) is 0 Å². The Bertz CT molecular complexity index is 1100. The van der Waals surface area contributed by atoms with Crippen molar-refractivity contribution in [3.8, 4) is 5.75 Å². The number of aryl methyl sites for hydroxylation is 2. The molecule has 0 saturated carbocycles. The predicted octanol–water partition coefficient (Wildman–Crippen LogP) is 4.45. The molecule has 1 aliphatic rings. The van der Waals surface area contributed by atoms with Gasteiger partial charge in [0.2, 0.25) is 5.91 Å². The Morgan fingerprint density at radius 3 is 2.87 bits per heavy atom. The van der Waals surface area contributed by atoms with Crippen molar-refractivity contribution in [1.29, 1.82) is 0 Å². The molecule has 1 aliphatic heterocycles. The number of benzene rings is 2. The number of carbonyl (C=O) groups excluding carboxylic acids is 1. The fourth-order valence-electron chi connectivity index (χ4n) is 4.28. The summed E-state index contributed by atoms with van der Waals surface area (Å²) in [7, 11) is 1.66. The van der Waals surface area contributed by atoms with Crippen LogP contribution in [-0.4, -0.2) is 37.1 Å². The molecule has 1 fully saturated rings. The molecule has 4 rings (SSSR count). The number of fused-ring (bicyclic) bond motifs is 1. The average molecular weight is 424 g/mol. The second kappa shape index (κ2) is 8.52. The van der Waals surface area contributed by atoms with Gasteiger partial charge in [0, 0.05) is 35.2 Å². The third kappa shape index (κ3) is 4.08. The van der Waals surface area contributed by atoms with E-state index in [0.717, 1.165) is 58.7 Å². The highest BCUT2D eigenvalue weighted by atomic mass is 35.5. The summed E-state index contributed by atoms with van der Waals surface area (Å²) in [5.41, 5.74) is 4.99. The minimum absolute atomic E-state index is 0.0307. The van der Waals surface area contributed by atoms with Crippen molar-refractivity contribution < 1.29 is 9.53 Å². The lowest BCUT2D eigenvalue weighted by Crippen LogP contribution is -2.38.